The fourth-order valence-electron chi connectivity index (χ4n) is 2.06. The number of esters is 1. The molecule has 0 aromatic carbocycles. The molecular formula is C15H21NO4S. The van der Waals surface area contributed by atoms with Gasteiger partial charge in [-0.3, -0.25) is 9.78 Å². The van der Waals surface area contributed by atoms with Crippen molar-refractivity contribution in [3.05, 3.63) is 23.0 Å². The smallest absolute Gasteiger partial charge is 0.315 e. The van der Waals surface area contributed by atoms with Gasteiger partial charge < -0.3 is 14.2 Å². The zero-order valence-electron chi connectivity index (χ0n) is 12.9. The Hall–Kier alpha value is -1.27. The van der Waals surface area contributed by atoms with Gasteiger partial charge in [-0.15, -0.1) is 11.8 Å². The highest BCUT2D eigenvalue weighted by Crippen LogP contribution is 2.36. The van der Waals surface area contributed by atoms with Crippen molar-refractivity contribution in [2.24, 2.45) is 0 Å². The molecule has 1 aromatic heterocycles. The van der Waals surface area contributed by atoms with E-state index < -0.39 is 5.79 Å². The van der Waals surface area contributed by atoms with Crippen LogP contribution in [-0.2, 0) is 26.6 Å². The van der Waals surface area contributed by atoms with Crippen molar-refractivity contribution in [1.29, 1.82) is 0 Å². The third-order valence-electron chi connectivity index (χ3n) is 3.10. The lowest BCUT2D eigenvalue weighted by atomic mass is 10.1. The largest absolute Gasteiger partial charge is 0.465 e. The number of rotatable bonds is 5. The van der Waals surface area contributed by atoms with Gasteiger partial charge in [-0.1, -0.05) is 0 Å². The van der Waals surface area contributed by atoms with E-state index in [1.165, 1.54) is 11.8 Å². The second-order valence-electron chi connectivity index (χ2n) is 5.26. The molecule has 0 saturated carbocycles. The molecule has 0 fully saturated rings. The summed E-state index contributed by atoms with van der Waals surface area (Å²) in [5, 5.41) is 0. The lowest BCUT2D eigenvalue weighted by Crippen LogP contribution is -2.36. The molecule has 2 rings (SSSR count). The van der Waals surface area contributed by atoms with Gasteiger partial charge >= 0.3 is 5.97 Å². The molecule has 1 aromatic rings. The SMILES string of the molecule is CCOC(=O)CSCc1cnc(C)c2c1COC(C)(C)O2. The van der Waals surface area contributed by atoms with E-state index in [2.05, 4.69) is 4.98 Å². The van der Waals surface area contributed by atoms with Crippen LogP contribution >= 0.6 is 11.8 Å². The van der Waals surface area contributed by atoms with Gasteiger partial charge in [-0.2, -0.15) is 0 Å². The molecule has 5 nitrogen and oxygen atoms in total. The Labute approximate surface area is 129 Å². The van der Waals surface area contributed by atoms with Gasteiger partial charge in [0.15, 0.2) is 0 Å². The molecule has 0 amide bonds. The fraction of sp³-hybridized carbons (Fsp3) is 0.600. The number of pyridine rings is 1. The van der Waals surface area contributed by atoms with Crippen LogP contribution in [0.3, 0.4) is 0 Å². The Bertz CT molecular complexity index is 531. The summed E-state index contributed by atoms with van der Waals surface area (Å²) >= 11 is 1.51. The summed E-state index contributed by atoms with van der Waals surface area (Å²) in [5.74, 6) is 1.01. The molecule has 0 radical (unpaired) electrons. The van der Waals surface area contributed by atoms with Crippen molar-refractivity contribution in [3.63, 3.8) is 0 Å². The van der Waals surface area contributed by atoms with Crippen molar-refractivity contribution in [3.8, 4) is 5.75 Å². The summed E-state index contributed by atoms with van der Waals surface area (Å²) in [6.07, 6.45) is 1.83. The van der Waals surface area contributed by atoms with Gasteiger partial charge in [-0.05, 0) is 19.4 Å². The van der Waals surface area contributed by atoms with E-state index in [1.54, 1.807) is 6.92 Å². The molecule has 0 atom stereocenters. The second kappa shape index (κ2) is 6.66. The van der Waals surface area contributed by atoms with E-state index in [-0.39, 0.29) is 5.97 Å². The van der Waals surface area contributed by atoms with E-state index in [0.29, 0.717) is 24.7 Å². The Balaban J connectivity index is 2.07. The highest BCUT2D eigenvalue weighted by atomic mass is 32.2. The Kier molecular flexibility index (Phi) is 5.11. The van der Waals surface area contributed by atoms with Crippen LogP contribution in [0.15, 0.2) is 6.20 Å². The maximum atomic E-state index is 11.4. The topological polar surface area (TPSA) is 57.7 Å². The number of aryl methyl sites for hydroxylation is 1. The van der Waals surface area contributed by atoms with Crippen LogP contribution in [0.1, 0.15) is 37.6 Å². The molecule has 0 unspecified atom stereocenters. The number of hydrogen-bond acceptors (Lipinski definition) is 6. The summed E-state index contributed by atoms with van der Waals surface area (Å²) < 4.78 is 16.5. The predicted octanol–water partition coefficient (Wildman–Crippen LogP) is 2.83. The first-order valence-electron chi connectivity index (χ1n) is 6.96. The van der Waals surface area contributed by atoms with Crippen LogP contribution in [0.4, 0.5) is 0 Å². The molecule has 0 aliphatic carbocycles. The molecular weight excluding hydrogens is 290 g/mol. The molecule has 1 aliphatic heterocycles. The zero-order chi connectivity index (χ0) is 15.5. The Morgan fingerprint density at radius 1 is 1.52 bits per heavy atom. The normalized spacial score (nSPS) is 16.0. The lowest BCUT2D eigenvalue weighted by molar-refractivity contribution is -0.180. The van der Waals surface area contributed by atoms with E-state index in [9.17, 15) is 4.79 Å². The van der Waals surface area contributed by atoms with Crippen molar-refractivity contribution in [2.45, 2.75) is 45.8 Å². The van der Waals surface area contributed by atoms with Crippen molar-refractivity contribution in [2.75, 3.05) is 12.4 Å². The van der Waals surface area contributed by atoms with Crippen molar-refractivity contribution < 1.29 is 19.0 Å². The first-order chi connectivity index (χ1) is 9.93. The minimum Gasteiger partial charge on any atom is -0.465 e. The number of ether oxygens (including phenoxy) is 3. The van der Waals surface area contributed by atoms with Crippen LogP contribution in [0.25, 0.3) is 0 Å². The lowest BCUT2D eigenvalue weighted by Gasteiger charge is -2.34. The van der Waals surface area contributed by atoms with Crippen LogP contribution < -0.4 is 4.74 Å². The maximum Gasteiger partial charge on any atom is 0.315 e. The van der Waals surface area contributed by atoms with Crippen molar-refractivity contribution in [1.82, 2.24) is 4.98 Å². The number of hydrogen-bond donors (Lipinski definition) is 0. The number of nitrogens with zero attached hydrogens (tertiary/aromatic N) is 1. The van der Waals surface area contributed by atoms with Gasteiger partial charge in [0.25, 0.3) is 0 Å². The van der Waals surface area contributed by atoms with Gasteiger partial charge in [0.05, 0.1) is 24.7 Å². The number of fused-ring (bicyclic) bond motifs is 1. The number of carbonyl (C=O) groups excluding carboxylic acids is 1. The van der Waals surface area contributed by atoms with Gasteiger partial charge in [0.2, 0.25) is 5.79 Å². The van der Waals surface area contributed by atoms with Gasteiger partial charge in [0, 0.05) is 31.4 Å². The highest BCUT2D eigenvalue weighted by molar-refractivity contribution is 7.99. The molecule has 6 heteroatoms. The third kappa shape index (κ3) is 4.11. The van der Waals surface area contributed by atoms with E-state index in [1.807, 2.05) is 27.0 Å². The molecule has 1 aliphatic rings. The average Bonchev–Trinajstić information content (AvgIpc) is 2.41. The summed E-state index contributed by atoms with van der Waals surface area (Å²) in [6, 6.07) is 0. The van der Waals surface area contributed by atoms with Crippen LogP contribution in [0.2, 0.25) is 0 Å². The molecule has 2 heterocycles. The third-order valence-corrected chi connectivity index (χ3v) is 4.05. The summed E-state index contributed by atoms with van der Waals surface area (Å²) in [5.41, 5.74) is 2.93. The molecule has 0 bridgehead atoms. The van der Waals surface area contributed by atoms with Crippen LogP contribution in [-0.4, -0.2) is 29.1 Å². The molecule has 0 N–H and O–H groups in total. The molecule has 0 saturated heterocycles. The molecule has 0 spiro atoms. The fourth-order valence-corrected chi connectivity index (χ4v) is 2.88. The first-order valence-corrected chi connectivity index (χ1v) is 8.12. The number of carbonyl (C=O) groups is 1. The average molecular weight is 311 g/mol. The predicted molar refractivity (Wildman–Crippen MR) is 81.3 cm³/mol. The standard InChI is InChI=1S/C15H21NO4S/c1-5-18-13(17)9-21-8-11-6-16-10(2)14-12(11)7-19-15(3,4)20-14/h6H,5,7-9H2,1-4H3. The molecule has 116 valence electrons. The summed E-state index contributed by atoms with van der Waals surface area (Å²) in [4.78, 5) is 15.7. The maximum absolute atomic E-state index is 11.4. The quantitative estimate of drug-likeness (QED) is 0.779. The van der Waals surface area contributed by atoms with Crippen LogP contribution in [0, 0.1) is 6.92 Å². The first kappa shape index (κ1) is 16.1. The molecule has 21 heavy (non-hydrogen) atoms. The highest BCUT2D eigenvalue weighted by Gasteiger charge is 2.30. The minimum absolute atomic E-state index is 0.190. The van der Waals surface area contributed by atoms with Crippen molar-refractivity contribution >= 4 is 17.7 Å². The van der Waals surface area contributed by atoms with E-state index >= 15 is 0 Å². The summed E-state index contributed by atoms with van der Waals surface area (Å²) in [7, 11) is 0. The number of thioether (sulfide) groups is 1. The monoisotopic (exact) mass is 311 g/mol. The Morgan fingerprint density at radius 2 is 2.29 bits per heavy atom. The second-order valence-corrected chi connectivity index (χ2v) is 6.25. The van der Waals surface area contributed by atoms with Gasteiger partial charge in [-0.25, -0.2) is 0 Å². The zero-order valence-corrected chi connectivity index (χ0v) is 13.7. The van der Waals surface area contributed by atoms with Crippen LogP contribution in [0.5, 0.6) is 5.75 Å². The number of aromatic nitrogens is 1. The van der Waals surface area contributed by atoms with E-state index in [0.717, 1.165) is 22.6 Å². The summed E-state index contributed by atoms with van der Waals surface area (Å²) in [6.45, 7) is 8.42. The van der Waals surface area contributed by atoms with Gasteiger partial charge in [0.1, 0.15) is 5.75 Å². The Morgan fingerprint density at radius 3 is 3.00 bits per heavy atom. The van der Waals surface area contributed by atoms with E-state index in [4.69, 9.17) is 14.2 Å². The minimum atomic E-state index is -0.629.